The van der Waals surface area contributed by atoms with Crippen LogP contribution in [0.3, 0.4) is 0 Å². The van der Waals surface area contributed by atoms with Gasteiger partial charge in [0.25, 0.3) is 23.6 Å². The summed E-state index contributed by atoms with van der Waals surface area (Å²) < 4.78 is 0. The molecule has 9 aromatic rings. The molecule has 2 unspecified atom stereocenters. The maximum atomic E-state index is 15.6. The van der Waals surface area contributed by atoms with Crippen LogP contribution in [0.5, 0.6) is 0 Å². The predicted molar refractivity (Wildman–Crippen MR) is 371 cm³/mol. The Kier molecular flexibility index (Phi) is 18.7. The summed E-state index contributed by atoms with van der Waals surface area (Å²) in [5.74, 6) is -7.59. The summed E-state index contributed by atoms with van der Waals surface area (Å²) in [6.07, 6.45) is -0.608. The molecule has 4 fully saturated rings. The smallest absolute Gasteiger partial charge is 0.252 e. The van der Waals surface area contributed by atoms with Crippen molar-refractivity contribution in [1.82, 2.24) is 41.3 Å². The van der Waals surface area contributed by atoms with Gasteiger partial charge in [0, 0.05) is 47.9 Å². The van der Waals surface area contributed by atoms with Crippen LogP contribution in [0.25, 0.3) is 0 Å². The average molecular weight is 1310 g/mol. The number of rotatable bonds is 18. The molecule has 0 spiro atoms. The van der Waals surface area contributed by atoms with E-state index in [0.717, 1.165) is 22.3 Å². The molecule has 4 aliphatic rings. The van der Waals surface area contributed by atoms with Crippen molar-refractivity contribution in [2.45, 2.75) is 101 Å². The Morgan fingerprint density at radius 1 is 0.292 bits per heavy atom. The summed E-state index contributed by atoms with van der Waals surface area (Å²) in [6, 6.07) is 72.5. The van der Waals surface area contributed by atoms with Gasteiger partial charge in [0.15, 0.2) is 0 Å². The summed E-state index contributed by atoms with van der Waals surface area (Å²) >= 11 is 0. The van der Waals surface area contributed by atoms with Crippen LogP contribution < -0.4 is 31.9 Å². The third-order valence-electron chi connectivity index (χ3n) is 18.5. The van der Waals surface area contributed by atoms with Gasteiger partial charge < -0.3 is 21.3 Å². The van der Waals surface area contributed by atoms with E-state index in [1.807, 2.05) is 210 Å². The maximum absolute atomic E-state index is 15.6. The molecule has 9 aromatic carbocycles. The number of hydrazine groups is 2. The molecule has 13 rings (SSSR count). The van der Waals surface area contributed by atoms with Crippen LogP contribution in [0.4, 0.5) is 0 Å². The van der Waals surface area contributed by atoms with Crippen molar-refractivity contribution < 1.29 is 38.4 Å². The van der Waals surface area contributed by atoms with E-state index in [-0.39, 0.29) is 71.6 Å². The quantitative estimate of drug-likeness (QED) is 0.0609. The third kappa shape index (κ3) is 12.4. The molecule has 18 heteroatoms. The number of carbonyl (C=O) groups is 8. The molecule has 96 heavy (non-hydrogen) atoms. The van der Waals surface area contributed by atoms with Crippen LogP contribution in [0.2, 0.25) is 0 Å². The standard InChI is InChI=1S/C78H72N8O8P2/c1-49(53-27-9-5-10-28-53)79-71(91)57-35-17-19-37-59(57)75-83-67(87)45-47-69(89)85(83)77(95(75)65-43-25-23-41-63(65)73(93)81-51(3)55-31-13-7-14-32-55)61-39-21-22-40-62(61)78-86-70(90)48-46-68(88)84(86)76(60-38-20-18-36-58(60)72(92)80-50(2)54-29-11-6-12-30-54)96(78)66-44-26-24-42-64(66)74(94)82-52(4)56-33-15-8-16-34-56/h5-44,49-52,75-78H,45-48H2,1-4H3,(H,79,91)(H,80,92)(H,81,93)(H,82,94)/t49-,50-,51-,52-,75-,76-,77-,78-,95?,96?/m0/s1. The van der Waals surface area contributed by atoms with Gasteiger partial charge in [-0.05, 0) is 123 Å². The van der Waals surface area contributed by atoms with Gasteiger partial charge in [-0.1, -0.05) is 218 Å². The van der Waals surface area contributed by atoms with Crippen molar-refractivity contribution in [3.05, 3.63) is 309 Å². The number of nitrogens with one attached hydrogen (secondary N) is 4. The Balaban J connectivity index is 1.04. The molecule has 10 atom stereocenters. The zero-order chi connectivity index (χ0) is 66.7. The maximum Gasteiger partial charge on any atom is 0.252 e. The first-order valence-corrected chi connectivity index (χ1v) is 35.4. The summed E-state index contributed by atoms with van der Waals surface area (Å²) in [7, 11) is -4.34. The third-order valence-corrected chi connectivity index (χ3v) is 24.5. The second-order valence-corrected chi connectivity index (χ2v) is 29.1. The molecule has 4 aliphatic heterocycles. The van der Waals surface area contributed by atoms with E-state index >= 15 is 38.4 Å². The summed E-state index contributed by atoms with van der Waals surface area (Å²) in [6.45, 7) is 7.59. The first-order chi connectivity index (χ1) is 46.7. The zero-order valence-electron chi connectivity index (χ0n) is 53.5. The molecule has 16 nitrogen and oxygen atoms in total. The largest absolute Gasteiger partial charge is 0.346 e. The van der Waals surface area contributed by atoms with Gasteiger partial charge >= 0.3 is 0 Å². The highest BCUT2D eigenvalue weighted by Gasteiger charge is 2.60. The SMILES string of the molecule is C[C@H](NC(=O)c1ccccc1[C@H]1N2C(=O)CCC(=O)N2[C@H](c2ccccc2[C@H]2N3C(=O)CCC(=O)N3[C@H](c3ccccc3C(=O)N[C@@H](C)c3ccccc3)P2c2ccccc2C(=O)N[C@@H](C)c2ccccc2)P1c1ccccc1C(=O)N[C@@H](C)c1ccccc1)c1ccccc1. The van der Waals surface area contributed by atoms with Crippen LogP contribution in [0, 0.1) is 0 Å². The van der Waals surface area contributed by atoms with E-state index in [1.165, 1.54) is 20.0 Å². The Labute approximate surface area is 560 Å². The van der Waals surface area contributed by atoms with E-state index in [1.54, 1.807) is 60.7 Å². The lowest BCUT2D eigenvalue weighted by atomic mass is 10.0. The number of carbonyl (C=O) groups excluding carboxylic acids is 8. The van der Waals surface area contributed by atoms with E-state index < -0.39 is 86.8 Å². The minimum Gasteiger partial charge on any atom is -0.346 e. The minimum absolute atomic E-state index is 0.146. The fourth-order valence-electron chi connectivity index (χ4n) is 13.8. The van der Waals surface area contributed by atoms with Gasteiger partial charge in [-0.2, -0.15) is 0 Å². The lowest BCUT2D eigenvalue weighted by molar-refractivity contribution is -0.172. The topological polar surface area (TPSA) is 198 Å². The Bertz CT molecular complexity index is 4170. The summed E-state index contributed by atoms with van der Waals surface area (Å²) in [5, 5.41) is 20.0. The lowest BCUT2D eigenvalue weighted by Crippen LogP contribution is -2.51. The first kappa shape index (κ1) is 64.3. The van der Waals surface area contributed by atoms with E-state index in [4.69, 9.17) is 0 Å². The second-order valence-electron chi connectivity index (χ2n) is 24.5. The van der Waals surface area contributed by atoms with Crippen molar-refractivity contribution in [3.8, 4) is 0 Å². The molecule has 4 N–H and O–H groups in total. The van der Waals surface area contributed by atoms with Gasteiger partial charge in [-0.3, -0.25) is 38.4 Å². The molecule has 4 heterocycles. The van der Waals surface area contributed by atoms with Crippen molar-refractivity contribution >= 4 is 73.7 Å². The highest BCUT2D eigenvalue weighted by Crippen LogP contribution is 2.75. The Morgan fingerprint density at radius 2 is 0.500 bits per heavy atom. The summed E-state index contributed by atoms with van der Waals surface area (Å²) in [4.78, 5) is 123. The van der Waals surface area contributed by atoms with Crippen molar-refractivity contribution in [2.75, 3.05) is 0 Å². The Morgan fingerprint density at radius 3 is 0.781 bits per heavy atom. The van der Waals surface area contributed by atoms with Gasteiger partial charge in [0.1, 0.15) is 23.1 Å². The number of benzene rings is 9. The molecule has 0 saturated carbocycles. The zero-order valence-corrected chi connectivity index (χ0v) is 55.3. The number of hydrogen-bond donors (Lipinski definition) is 4. The van der Waals surface area contributed by atoms with Crippen molar-refractivity contribution in [1.29, 1.82) is 0 Å². The molecule has 0 radical (unpaired) electrons. The lowest BCUT2D eigenvalue weighted by Gasteiger charge is -2.40. The summed E-state index contributed by atoms with van der Waals surface area (Å²) in [5.41, 5.74) is 6.42. The number of nitrogens with zero attached hydrogens (tertiary/aromatic N) is 4. The van der Waals surface area contributed by atoms with E-state index in [0.29, 0.717) is 32.9 Å². The number of hydrogen-bond acceptors (Lipinski definition) is 8. The van der Waals surface area contributed by atoms with Crippen LogP contribution in [0.15, 0.2) is 243 Å². The van der Waals surface area contributed by atoms with Gasteiger partial charge in [-0.25, -0.2) is 20.0 Å². The van der Waals surface area contributed by atoms with Crippen LogP contribution in [0.1, 0.15) is 187 Å². The normalized spacial score (nSPS) is 20.3. The van der Waals surface area contributed by atoms with Crippen molar-refractivity contribution in [3.63, 3.8) is 0 Å². The monoisotopic (exact) mass is 1310 g/mol. The fraction of sp³-hybridized carbons (Fsp3) is 0.205. The molecular weight excluding hydrogens is 1240 g/mol. The average Bonchev–Trinajstić information content (AvgIpc) is 1.55. The van der Waals surface area contributed by atoms with E-state index in [2.05, 4.69) is 21.3 Å². The van der Waals surface area contributed by atoms with Crippen LogP contribution in [-0.2, 0) is 19.2 Å². The predicted octanol–water partition coefficient (Wildman–Crippen LogP) is 13.4. The van der Waals surface area contributed by atoms with Crippen LogP contribution >= 0.6 is 15.8 Å². The highest BCUT2D eigenvalue weighted by atomic mass is 31.1. The molecule has 0 bridgehead atoms. The molecule has 4 saturated heterocycles. The molecule has 0 aromatic heterocycles. The Hall–Kier alpha value is -10.4. The molecular formula is C78H72N8O8P2. The van der Waals surface area contributed by atoms with Gasteiger partial charge in [0.2, 0.25) is 23.6 Å². The molecule has 0 aliphatic carbocycles. The van der Waals surface area contributed by atoms with Gasteiger partial charge in [0.05, 0.1) is 24.2 Å². The highest BCUT2D eigenvalue weighted by molar-refractivity contribution is 7.67. The fourth-order valence-corrected chi connectivity index (χ4v) is 20.8. The first-order valence-electron chi connectivity index (χ1n) is 32.4. The van der Waals surface area contributed by atoms with E-state index in [9.17, 15) is 0 Å². The number of fused-ring (bicyclic) bond motifs is 2. The molecule has 8 amide bonds. The van der Waals surface area contributed by atoms with Crippen LogP contribution in [-0.4, -0.2) is 67.3 Å². The second kappa shape index (κ2) is 27.9. The molecule has 482 valence electrons. The van der Waals surface area contributed by atoms with Crippen molar-refractivity contribution in [2.24, 2.45) is 0 Å². The number of amides is 8. The van der Waals surface area contributed by atoms with Gasteiger partial charge in [-0.15, -0.1) is 0 Å². The minimum atomic E-state index is -2.17.